The van der Waals surface area contributed by atoms with Crippen molar-refractivity contribution >= 4 is 40.5 Å². The number of para-hydroxylation sites is 1. The van der Waals surface area contributed by atoms with Gasteiger partial charge in [0.1, 0.15) is 18.1 Å². The molecule has 1 aromatic carbocycles. The molecule has 2 heterocycles. The Labute approximate surface area is 207 Å². The van der Waals surface area contributed by atoms with E-state index in [-0.39, 0.29) is 25.8 Å². The number of nitrogens with one attached hydrogen (secondary N) is 3. The molecule has 1 aromatic heterocycles. The molecule has 12 heteroatoms. The van der Waals surface area contributed by atoms with Crippen molar-refractivity contribution in [2.45, 2.75) is 63.2 Å². The molecule has 2 aromatic rings. The highest BCUT2D eigenvalue weighted by Crippen LogP contribution is 2.23. The minimum atomic E-state index is -1.16. The number of hydrogen-bond donors (Lipinski definition) is 6. The van der Waals surface area contributed by atoms with Crippen LogP contribution in [0.15, 0.2) is 30.5 Å². The molecule has 0 saturated carbocycles. The Morgan fingerprint density at radius 2 is 1.83 bits per heavy atom. The zero-order valence-corrected chi connectivity index (χ0v) is 20.0. The van der Waals surface area contributed by atoms with Gasteiger partial charge in [-0.1, -0.05) is 18.2 Å². The van der Waals surface area contributed by atoms with Gasteiger partial charge in [0.05, 0.1) is 6.04 Å². The first-order valence-corrected chi connectivity index (χ1v) is 11.8. The maximum Gasteiger partial charge on any atom is 0.326 e. The van der Waals surface area contributed by atoms with Crippen LogP contribution in [-0.4, -0.2) is 75.3 Å². The zero-order valence-electron chi connectivity index (χ0n) is 20.0. The normalized spacial score (nSPS) is 17.8. The van der Waals surface area contributed by atoms with E-state index in [2.05, 4.69) is 15.6 Å². The first kappa shape index (κ1) is 26.7. The van der Waals surface area contributed by atoms with Crippen molar-refractivity contribution in [3.63, 3.8) is 0 Å². The largest absolute Gasteiger partial charge is 0.480 e. The topological polar surface area (TPSA) is 201 Å². The fourth-order valence-electron chi connectivity index (χ4n) is 4.34. The number of H-pyrrole nitrogens is 1. The lowest BCUT2D eigenvalue weighted by molar-refractivity contribution is -0.149. The molecular formula is C24H32N6O6. The molecule has 0 radical (unpaired) electrons. The van der Waals surface area contributed by atoms with Gasteiger partial charge in [0, 0.05) is 36.5 Å². The highest BCUT2D eigenvalue weighted by Gasteiger charge is 2.38. The van der Waals surface area contributed by atoms with E-state index in [1.165, 1.54) is 11.8 Å². The molecule has 4 unspecified atom stereocenters. The van der Waals surface area contributed by atoms with Crippen LogP contribution in [0.1, 0.15) is 38.2 Å². The third-order valence-corrected chi connectivity index (χ3v) is 6.26. The number of carbonyl (C=O) groups is 5. The van der Waals surface area contributed by atoms with Gasteiger partial charge >= 0.3 is 5.97 Å². The van der Waals surface area contributed by atoms with E-state index < -0.39 is 53.8 Å². The van der Waals surface area contributed by atoms with Gasteiger partial charge in [0.15, 0.2) is 0 Å². The summed E-state index contributed by atoms with van der Waals surface area (Å²) in [6.45, 7) is 1.70. The number of nitrogens with zero attached hydrogens (tertiary/aromatic N) is 1. The summed E-state index contributed by atoms with van der Waals surface area (Å²) in [6.07, 6.45) is 2.41. The van der Waals surface area contributed by atoms with Crippen LogP contribution in [0.3, 0.4) is 0 Å². The Balaban J connectivity index is 1.88. The minimum absolute atomic E-state index is 0.0845. The molecule has 1 saturated heterocycles. The second kappa shape index (κ2) is 11.7. The van der Waals surface area contributed by atoms with Gasteiger partial charge in [-0.25, -0.2) is 4.79 Å². The molecular weight excluding hydrogens is 468 g/mol. The highest BCUT2D eigenvalue weighted by molar-refractivity contribution is 5.95. The number of carboxylic acids is 1. The van der Waals surface area contributed by atoms with Crippen LogP contribution >= 0.6 is 0 Å². The Hall–Kier alpha value is -3.93. The highest BCUT2D eigenvalue weighted by atomic mass is 16.4. The van der Waals surface area contributed by atoms with Crippen LogP contribution in [0.5, 0.6) is 0 Å². The molecule has 4 amide bonds. The summed E-state index contributed by atoms with van der Waals surface area (Å²) >= 11 is 0. The van der Waals surface area contributed by atoms with Gasteiger partial charge in [-0.2, -0.15) is 0 Å². The summed E-state index contributed by atoms with van der Waals surface area (Å²) in [5.74, 6) is -3.61. The van der Waals surface area contributed by atoms with Crippen molar-refractivity contribution in [2.24, 2.45) is 11.5 Å². The van der Waals surface area contributed by atoms with E-state index >= 15 is 0 Å². The number of rotatable bonds is 11. The summed E-state index contributed by atoms with van der Waals surface area (Å²) in [4.78, 5) is 66.4. The standard InChI is InChI=1S/C24H32N6O6/c1-13(25)21(32)28-17(8-9-20(26)31)22(33)29-18(23(34)30-10-4-7-19(30)24(35)36)11-14-12-27-16-6-3-2-5-15(14)16/h2-3,5-6,12-13,17-19,27H,4,7-11,25H2,1H3,(H2,26,31)(H,28,32)(H,29,33)(H,35,36). The number of aliphatic carboxylic acids is 1. The first-order chi connectivity index (χ1) is 17.1. The Bertz CT molecular complexity index is 1150. The lowest BCUT2D eigenvalue weighted by Gasteiger charge is -2.29. The third-order valence-electron chi connectivity index (χ3n) is 6.26. The lowest BCUT2D eigenvalue weighted by atomic mass is 10.0. The second-order valence-electron chi connectivity index (χ2n) is 9.01. The molecule has 0 spiro atoms. The van der Waals surface area contributed by atoms with Gasteiger partial charge in [-0.05, 0) is 37.8 Å². The number of nitrogens with two attached hydrogens (primary N) is 2. The Kier molecular flexibility index (Phi) is 8.64. The van der Waals surface area contributed by atoms with Gasteiger partial charge < -0.3 is 37.1 Å². The number of fused-ring (bicyclic) bond motifs is 1. The minimum Gasteiger partial charge on any atom is -0.480 e. The molecule has 194 valence electrons. The maximum atomic E-state index is 13.5. The van der Waals surface area contributed by atoms with Crippen LogP contribution in [0.2, 0.25) is 0 Å². The molecule has 36 heavy (non-hydrogen) atoms. The second-order valence-corrected chi connectivity index (χ2v) is 9.01. The van der Waals surface area contributed by atoms with Crippen LogP contribution in [0.4, 0.5) is 0 Å². The van der Waals surface area contributed by atoms with Crippen molar-refractivity contribution in [3.8, 4) is 0 Å². The summed E-state index contributed by atoms with van der Waals surface area (Å²) in [6, 6.07) is 3.29. The molecule has 8 N–H and O–H groups in total. The van der Waals surface area contributed by atoms with Crippen molar-refractivity contribution in [2.75, 3.05) is 6.54 Å². The molecule has 4 atom stereocenters. The molecule has 3 rings (SSSR count). The van der Waals surface area contributed by atoms with Crippen LogP contribution in [-0.2, 0) is 30.4 Å². The average molecular weight is 501 g/mol. The Morgan fingerprint density at radius 1 is 1.14 bits per heavy atom. The van der Waals surface area contributed by atoms with Crippen molar-refractivity contribution in [3.05, 3.63) is 36.0 Å². The predicted molar refractivity (Wildman–Crippen MR) is 130 cm³/mol. The van der Waals surface area contributed by atoms with Gasteiger partial charge in [-0.3, -0.25) is 19.2 Å². The van der Waals surface area contributed by atoms with E-state index in [4.69, 9.17) is 11.5 Å². The SMILES string of the molecule is CC(N)C(=O)NC(CCC(N)=O)C(=O)NC(Cc1c[nH]c2ccccc12)C(=O)N1CCCC1C(=O)O. The van der Waals surface area contributed by atoms with Gasteiger partial charge in [-0.15, -0.1) is 0 Å². The molecule has 12 nitrogen and oxygen atoms in total. The number of aromatic amines is 1. The summed E-state index contributed by atoms with van der Waals surface area (Å²) < 4.78 is 0. The molecule has 1 aliphatic heterocycles. The van der Waals surface area contributed by atoms with E-state index in [9.17, 15) is 29.1 Å². The summed E-state index contributed by atoms with van der Waals surface area (Å²) in [5.41, 5.74) is 12.4. The zero-order chi connectivity index (χ0) is 26.4. The van der Waals surface area contributed by atoms with Crippen molar-refractivity contribution < 1.29 is 29.1 Å². The predicted octanol–water partition coefficient (Wildman–Crippen LogP) is -0.632. The van der Waals surface area contributed by atoms with Crippen LogP contribution in [0, 0.1) is 0 Å². The van der Waals surface area contributed by atoms with Crippen LogP contribution < -0.4 is 22.1 Å². The number of amides is 4. The number of benzene rings is 1. The van der Waals surface area contributed by atoms with Crippen LogP contribution in [0.25, 0.3) is 10.9 Å². The summed E-state index contributed by atoms with van der Waals surface area (Å²) in [7, 11) is 0. The first-order valence-electron chi connectivity index (χ1n) is 11.8. The van der Waals surface area contributed by atoms with E-state index in [1.54, 1.807) is 6.20 Å². The third kappa shape index (κ3) is 6.39. The maximum absolute atomic E-state index is 13.5. The number of hydrogen-bond acceptors (Lipinski definition) is 6. The quantitative estimate of drug-likeness (QED) is 0.236. The lowest BCUT2D eigenvalue weighted by Crippen LogP contribution is -2.57. The smallest absolute Gasteiger partial charge is 0.326 e. The van der Waals surface area contributed by atoms with Crippen molar-refractivity contribution in [1.29, 1.82) is 0 Å². The van der Waals surface area contributed by atoms with Crippen molar-refractivity contribution in [1.82, 2.24) is 20.5 Å². The molecule has 0 aliphatic carbocycles. The Morgan fingerprint density at radius 3 is 2.50 bits per heavy atom. The number of carbonyl (C=O) groups excluding carboxylic acids is 4. The fourth-order valence-corrected chi connectivity index (χ4v) is 4.34. The summed E-state index contributed by atoms with van der Waals surface area (Å²) in [5, 5.41) is 15.6. The number of primary amides is 1. The van der Waals surface area contributed by atoms with Gasteiger partial charge in [0.25, 0.3) is 0 Å². The van der Waals surface area contributed by atoms with E-state index in [1.807, 2.05) is 24.3 Å². The number of carboxylic acid groups (broad SMARTS) is 1. The van der Waals surface area contributed by atoms with E-state index in [0.29, 0.717) is 12.8 Å². The number of likely N-dealkylation sites (tertiary alicyclic amines) is 1. The molecule has 1 fully saturated rings. The number of aromatic nitrogens is 1. The monoisotopic (exact) mass is 500 g/mol. The fraction of sp³-hybridized carbons (Fsp3) is 0.458. The molecule has 1 aliphatic rings. The van der Waals surface area contributed by atoms with Gasteiger partial charge in [0.2, 0.25) is 23.6 Å². The molecule has 0 bridgehead atoms. The average Bonchev–Trinajstić information content (AvgIpc) is 3.48. The van der Waals surface area contributed by atoms with E-state index in [0.717, 1.165) is 16.5 Å².